The summed E-state index contributed by atoms with van der Waals surface area (Å²) in [6.07, 6.45) is 2.76. The number of esters is 1. The van der Waals surface area contributed by atoms with Gasteiger partial charge in [0, 0.05) is 43.6 Å². The summed E-state index contributed by atoms with van der Waals surface area (Å²) in [5.41, 5.74) is 3.13. The lowest BCUT2D eigenvalue weighted by molar-refractivity contribution is -0.0879. The largest absolute Gasteiger partial charge is 0.457 e. The molecule has 0 N–H and O–H groups in total. The standard InChI is InChI=1S/C23H26N2O3/c26-23-20-3-1-2-19-16(6-7-17(12-28-23)22(19)20)10-24-8-9-25-18(11-24)13-27-14-21(25)15-4-5-15/h1-3,6-7,15,18,21H,4-5,8-14H2/t18-,21-/m1/s1. The second-order valence-electron chi connectivity index (χ2n) is 8.76. The van der Waals surface area contributed by atoms with Crippen LogP contribution >= 0.6 is 0 Å². The number of piperazine rings is 1. The van der Waals surface area contributed by atoms with E-state index >= 15 is 0 Å². The van der Waals surface area contributed by atoms with Crippen LogP contribution in [0.1, 0.15) is 34.3 Å². The second kappa shape index (κ2) is 6.55. The van der Waals surface area contributed by atoms with Crippen molar-refractivity contribution < 1.29 is 14.3 Å². The Hall–Kier alpha value is -1.95. The van der Waals surface area contributed by atoms with Gasteiger partial charge in [-0.15, -0.1) is 0 Å². The van der Waals surface area contributed by atoms with Crippen molar-refractivity contribution in [2.45, 2.75) is 38.1 Å². The average molecular weight is 378 g/mol. The van der Waals surface area contributed by atoms with Gasteiger partial charge in [-0.05, 0) is 41.3 Å². The van der Waals surface area contributed by atoms with Gasteiger partial charge in [-0.2, -0.15) is 0 Å². The van der Waals surface area contributed by atoms with Crippen molar-refractivity contribution in [3.63, 3.8) is 0 Å². The highest BCUT2D eigenvalue weighted by Crippen LogP contribution is 2.38. The lowest BCUT2D eigenvalue weighted by Gasteiger charge is -2.48. The summed E-state index contributed by atoms with van der Waals surface area (Å²) in [6, 6.07) is 11.5. The van der Waals surface area contributed by atoms with E-state index < -0.39 is 0 Å². The van der Waals surface area contributed by atoms with Crippen LogP contribution in [-0.2, 0) is 22.6 Å². The first-order valence-electron chi connectivity index (χ1n) is 10.5. The third kappa shape index (κ3) is 2.76. The average Bonchev–Trinajstić information content (AvgIpc) is 3.57. The van der Waals surface area contributed by atoms with E-state index in [1.165, 1.54) is 23.8 Å². The number of nitrogens with zero attached hydrogens (tertiary/aromatic N) is 2. The van der Waals surface area contributed by atoms with Crippen molar-refractivity contribution in [1.29, 1.82) is 0 Å². The van der Waals surface area contributed by atoms with Gasteiger partial charge < -0.3 is 9.47 Å². The fourth-order valence-electron chi connectivity index (χ4n) is 5.40. The van der Waals surface area contributed by atoms with Gasteiger partial charge in [0.05, 0.1) is 18.8 Å². The van der Waals surface area contributed by atoms with E-state index in [-0.39, 0.29) is 5.97 Å². The third-order valence-electron chi connectivity index (χ3n) is 6.99. The summed E-state index contributed by atoms with van der Waals surface area (Å²) in [5, 5.41) is 2.29. The molecule has 5 heteroatoms. The lowest BCUT2D eigenvalue weighted by atomic mass is 9.93. The number of hydrogen-bond acceptors (Lipinski definition) is 5. The Kier molecular flexibility index (Phi) is 3.96. The summed E-state index contributed by atoms with van der Waals surface area (Å²) >= 11 is 0. The molecule has 2 atom stereocenters. The van der Waals surface area contributed by atoms with Crippen molar-refractivity contribution in [3.05, 3.63) is 47.0 Å². The van der Waals surface area contributed by atoms with Crippen LogP contribution in [0, 0.1) is 5.92 Å². The number of cyclic esters (lactones) is 1. The lowest BCUT2D eigenvalue weighted by Crippen LogP contribution is -2.62. The number of fused-ring (bicyclic) bond motifs is 1. The van der Waals surface area contributed by atoms with Crippen molar-refractivity contribution in [2.75, 3.05) is 32.8 Å². The first kappa shape index (κ1) is 17.0. The van der Waals surface area contributed by atoms with E-state index in [0.29, 0.717) is 24.3 Å². The van der Waals surface area contributed by atoms with Gasteiger partial charge in [0.15, 0.2) is 0 Å². The minimum atomic E-state index is -0.200. The van der Waals surface area contributed by atoms with E-state index in [1.54, 1.807) is 0 Å². The van der Waals surface area contributed by atoms with Crippen molar-refractivity contribution in [1.82, 2.24) is 9.80 Å². The molecule has 0 radical (unpaired) electrons. The van der Waals surface area contributed by atoms with Crippen molar-refractivity contribution in [3.8, 4) is 0 Å². The van der Waals surface area contributed by atoms with Crippen LogP contribution in [0.4, 0.5) is 0 Å². The van der Waals surface area contributed by atoms with Gasteiger partial charge in [0.25, 0.3) is 0 Å². The molecule has 1 aliphatic carbocycles. The number of carbonyl (C=O) groups is 1. The molecule has 4 aliphatic rings. The molecule has 3 aliphatic heterocycles. The Morgan fingerprint density at radius 3 is 2.89 bits per heavy atom. The molecule has 0 amide bonds. The maximum atomic E-state index is 12.2. The molecule has 28 heavy (non-hydrogen) atoms. The summed E-state index contributed by atoms with van der Waals surface area (Å²) in [6.45, 7) is 6.39. The summed E-state index contributed by atoms with van der Waals surface area (Å²) in [7, 11) is 0. The fraction of sp³-hybridized carbons (Fsp3) is 0.522. The van der Waals surface area contributed by atoms with E-state index in [9.17, 15) is 4.79 Å². The van der Waals surface area contributed by atoms with E-state index in [2.05, 4.69) is 28.0 Å². The number of carbonyl (C=O) groups excluding carboxylic acids is 1. The minimum Gasteiger partial charge on any atom is -0.457 e. The second-order valence-corrected chi connectivity index (χ2v) is 8.76. The molecule has 0 bridgehead atoms. The number of hydrogen-bond donors (Lipinski definition) is 0. The van der Waals surface area contributed by atoms with Gasteiger partial charge in [0.2, 0.25) is 0 Å². The SMILES string of the molecule is O=C1OCc2ccc(CN3CCN4[C@@H](COC[C@@H]4C4CC4)C3)c3cccc1c23. The van der Waals surface area contributed by atoms with Gasteiger partial charge in [-0.25, -0.2) is 4.79 Å². The van der Waals surface area contributed by atoms with Gasteiger partial charge in [0.1, 0.15) is 6.61 Å². The predicted molar refractivity (Wildman–Crippen MR) is 106 cm³/mol. The first-order chi connectivity index (χ1) is 13.8. The maximum absolute atomic E-state index is 12.2. The zero-order chi connectivity index (χ0) is 18.7. The highest BCUT2D eigenvalue weighted by atomic mass is 16.5. The molecule has 2 saturated heterocycles. The molecule has 6 rings (SSSR count). The Bertz CT molecular complexity index is 939. The van der Waals surface area contributed by atoms with Crippen molar-refractivity contribution in [2.24, 2.45) is 5.92 Å². The van der Waals surface area contributed by atoms with E-state index in [4.69, 9.17) is 9.47 Å². The first-order valence-corrected chi connectivity index (χ1v) is 10.5. The van der Waals surface area contributed by atoms with Crippen LogP contribution in [0.3, 0.4) is 0 Å². The maximum Gasteiger partial charge on any atom is 0.339 e. The Balaban J connectivity index is 1.26. The quantitative estimate of drug-likeness (QED) is 0.769. The molecular formula is C23H26N2O3. The van der Waals surface area contributed by atoms with E-state index in [0.717, 1.165) is 56.3 Å². The summed E-state index contributed by atoms with van der Waals surface area (Å²) in [5.74, 6) is 0.670. The molecule has 0 aromatic heterocycles. The number of benzene rings is 2. The zero-order valence-electron chi connectivity index (χ0n) is 16.1. The van der Waals surface area contributed by atoms with Crippen LogP contribution in [0.2, 0.25) is 0 Å². The molecular weight excluding hydrogens is 352 g/mol. The zero-order valence-corrected chi connectivity index (χ0v) is 16.1. The minimum absolute atomic E-state index is 0.200. The van der Waals surface area contributed by atoms with Crippen LogP contribution < -0.4 is 0 Å². The molecule has 2 aromatic carbocycles. The molecule has 3 heterocycles. The molecule has 0 unspecified atom stereocenters. The number of morpholine rings is 1. The van der Waals surface area contributed by atoms with Crippen LogP contribution in [0.15, 0.2) is 30.3 Å². The highest BCUT2D eigenvalue weighted by Gasteiger charge is 2.42. The Labute approximate surface area is 165 Å². The Morgan fingerprint density at radius 1 is 1.07 bits per heavy atom. The molecule has 146 valence electrons. The van der Waals surface area contributed by atoms with Gasteiger partial charge >= 0.3 is 5.97 Å². The van der Waals surface area contributed by atoms with Gasteiger partial charge in [-0.1, -0.05) is 24.3 Å². The van der Waals surface area contributed by atoms with E-state index in [1.807, 2.05) is 12.1 Å². The van der Waals surface area contributed by atoms with Crippen LogP contribution in [-0.4, -0.2) is 60.7 Å². The molecule has 2 aromatic rings. The topological polar surface area (TPSA) is 42.0 Å². The normalized spacial score (nSPS) is 28.2. The van der Waals surface area contributed by atoms with Crippen LogP contribution in [0.25, 0.3) is 10.8 Å². The monoisotopic (exact) mass is 378 g/mol. The fourth-order valence-corrected chi connectivity index (χ4v) is 5.40. The predicted octanol–water partition coefficient (Wildman–Crippen LogP) is 2.81. The molecule has 5 nitrogen and oxygen atoms in total. The molecule has 3 fully saturated rings. The smallest absolute Gasteiger partial charge is 0.339 e. The van der Waals surface area contributed by atoms with Crippen LogP contribution in [0.5, 0.6) is 0 Å². The molecule has 1 saturated carbocycles. The van der Waals surface area contributed by atoms with Gasteiger partial charge in [-0.3, -0.25) is 9.80 Å². The summed E-state index contributed by atoms with van der Waals surface area (Å²) in [4.78, 5) is 17.5. The van der Waals surface area contributed by atoms with Crippen molar-refractivity contribution >= 4 is 16.7 Å². The molecule has 0 spiro atoms. The number of ether oxygens (including phenoxy) is 2. The number of rotatable bonds is 3. The summed E-state index contributed by atoms with van der Waals surface area (Å²) < 4.78 is 11.3. The third-order valence-corrected chi connectivity index (χ3v) is 6.99. The highest BCUT2D eigenvalue weighted by molar-refractivity contribution is 6.08. The Morgan fingerprint density at radius 2 is 2.00 bits per heavy atom.